The van der Waals surface area contributed by atoms with Crippen LogP contribution in [0.25, 0.3) is 0 Å². The Morgan fingerprint density at radius 2 is 1.53 bits per heavy atom. The van der Waals surface area contributed by atoms with E-state index in [4.69, 9.17) is 28.4 Å². The molecule has 1 aromatic carbocycles. The number of ether oxygens (including phenoxy) is 6. The molecule has 1 aromatic rings. The number of rotatable bonds is 9. The topological polar surface area (TPSA) is 161 Å². The van der Waals surface area contributed by atoms with Crippen LogP contribution in [0.2, 0.25) is 0 Å². The number of hydrogen-bond donors (Lipinski definition) is 1. The minimum atomic E-state index is -1.99. The van der Waals surface area contributed by atoms with Crippen molar-refractivity contribution in [1.82, 2.24) is 0 Å². The molecule has 0 amide bonds. The average molecular weight is 633 g/mol. The fourth-order valence-corrected chi connectivity index (χ4v) is 7.66. The molecule has 1 unspecified atom stereocenters. The molecule has 1 heterocycles. The number of hydrogen-bond acceptors (Lipinski definition) is 12. The highest BCUT2D eigenvalue weighted by Crippen LogP contribution is 2.69. The highest BCUT2D eigenvalue weighted by Gasteiger charge is 2.87. The SMILES string of the molecule is CCC(C)C(=O)O[C@@H]1[C@@H]2[C@@H](OC(C)=O)[C@@]3(OC2(C)C)[C@@](COC(C)=O)([C@@H](OC(C)=O)CC[C@]3(C)O)[C@@H]1OC(=O)c1ccccc1. The fourth-order valence-electron chi connectivity index (χ4n) is 7.66. The summed E-state index contributed by atoms with van der Waals surface area (Å²) in [5.74, 6) is -5.13. The van der Waals surface area contributed by atoms with Crippen molar-refractivity contribution < 1.29 is 57.5 Å². The van der Waals surface area contributed by atoms with E-state index in [0.29, 0.717) is 6.42 Å². The minimum absolute atomic E-state index is 0.00398. The van der Waals surface area contributed by atoms with E-state index in [9.17, 15) is 29.1 Å². The Morgan fingerprint density at radius 1 is 0.911 bits per heavy atom. The zero-order chi connectivity index (χ0) is 33.5. The summed E-state index contributed by atoms with van der Waals surface area (Å²) in [6.07, 6.45) is -4.97. The molecule has 4 rings (SSSR count). The zero-order valence-corrected chi connectivity index (χ0v) is 27.1. The van der Waals surface area contributed by atoms with Crippen LogP contribution in [0.5, 0.6) is 0 Å². The summed E-state index contributed by atoms with van der Waals surface area (Å²) >= 11 is 0. The average Bonchev–Trinajstić information content (AvgIpc) is 3.15. The van der Waals surface area contributed by atoms with Gasteiger partial charge in [0.2, 0.25) is 0 Å². The molecule has 45 heavy (non-hydrogen) atoms. The molecule has 1 aliphatic heterocycles. The predicted octanol–water partition coefficient (Wildman–Crippen LogP) is 3.31. The van der Waals surface area contributed by atoms with Crippen molar-refractivity contribution in [2.75, 3.05) is 6.61 Å². The molecule has 2 bridgehead atoms. The first kappa shape index (κ1) is 34.4. The van der Waals surface area contributed by atoms with E-state index in [0.717, 1.165) is 0 Å². The van der Waals surface area contributed by atoms with Crippen molar-refractivity contribution in [3.63, 3.8) is 0 Å². The Labute approximate surface area is 263 Å². The van der Waals surface area contributed by atoms with Crippen LogP contribution in [-0.4, -0.2) is 82.8 Å². The van der Waals surface area contributed by atoms with Crippen LogP contribution in [-0.2, 0) is 47.6 Å². The van der Waals surface area contributed by atoms with Crippen LogP contribution < -0.4 is 0 Å². The zero-order valence-electron chi connectivity index (χ0n) is 27.1. The molecule has 0 aromatic heterocycles. The molecule has 2 saturated carbocycles. The quantitative estimate of drug-likeness (QED) is 0.313. The summed E-state index contributed by atoms with van der Waals surface area (Å²) in [7, 11) is 0. The second-order valence-corrected chi connectivity index (χ2v) is 13.1. The Kier molecular flexibility index (Phi) is 9.43. The third-order valence-corrected chi connectivity index (χ3v) is 9.70. The molecule has 1 saturated heterocycles. The maximum absolute atomic E-state index is 13.9. The van der Waals surface area contributed by atoms with Gasteiger partial charge < -0.3 is 33.5 Å². The van der Waals surface area contributed by atoms with E-state index in [1.54, 1.807) is 39.0 Å². The van der Waals surface area contributed by atoms with E-state index in [-0.39, 0.29) is 18.4 Å². The summed E-state index contributed by atoms with van der Waals surface area (Å²) in [6, 6.07) is 8.09. The van der Waals surface area contributed by atoms with E-state index in [1.807, 2.05) is 6.92 Å². The van der Waals surface area contributed by atoms with Gasteiger partial charge in [-0.1, -0.05) is 32.0 Å². The maximum Gasteiger partial charge on any atom is 0.338 e. The molecule has 2 aliphatic carbocycles. The number of fused-ring (bicyclic) bond motifs is 1. The summed E-state index contributed by atoms with van der Waals surface area (Å²) in [6.45, 7) is 11.3. The lowest BCUT2D eigenvalue weighted by Crippen LogP contribution is -2.83. The largest absolute Gasteiger partial charge is 0.465 e. The van der Waals surface area contributed by atoms with Gasteiger partial charge in [-0.15, -0.1) is 0 Å². The van der Waals surface area contributed by atoms with Crippen molar-refractivity contribution in [1.29, 1.82) is 0 Å². The first-order chi connectivity index (χ1) is 20.9. The van der Waals surface area contributed by atoms with Crippen LogP contribution in [0.3, 0.4) is 0 Å². The molecule has 1 spiro atoms. The standard InChI is InChI=1S/C33H44O12/c1-9-18(2)28(37)43-25-24-26(42-21(5)36)33(45-30(24,6)7)31(8,39)16-15-23(41-20(4)35)32(33,17-40-19(3)34)27(25)44-29(38)22-13-11-10-12-14-22/h10-14,18,23-27,39H,9,15-17H2,1-8H3/t18?,23-,24+,25+,26+,27+,31-,32-,33-/m0/s1. The lowest BCUT2D eigenvalue weighted by Gasteiger charge is -2.65. The summed E-state index contributed by atoms with van der Waals surface area (Å²) < 4.78 is 36.9. The van der Waals surface area contributed by atoms with Gasteiger partial charge in [0.05, 0.1) is 28.6 Å². The number of carbonyl (C=O) groups excluding carboxylic acids is 5. The summed E-state index contributed by atoms with van der Waals surface area (Å²) in [5, 5.41) is 12.4. The van der Waals surface area contributed by atoms with Gasteiger partial charge in [-0.2, -0.15) is 0 Å². The highest BCUT2D eigenvalue weighted by atomic mass is 16.6. The predicted molar refractivity (Wildman–Crippen MR) is 156 cm³/mol. The Bertz CT molecular complexity index is 1320. The van der Waals surface area contributed by atoms with E-state index in [2.05, 4.69) is 0 Å². The van der Waals surface area contributed by atoms with Crippen molar-refractivity contribution in [3.8, 4) is 0 Å². The second-order valence-electron chi connectivity index (χ2n) is 13.1. The first-order valence-corrected chi connectivity index (χ1v) is 15.3. The molecule has 3 aliphatic rings. The van der Waals surface area contributed by atoms with Crippen molar-refractivity contribution in [3.05, 3.63) is 35.9 Å². The van der Waals surface area contributed by atoms with Crippen LogP contribution in [0, 0.1) is 17.3 Å². The van der Waals surface area contributed by atoms with E-state index >= 15 is 0 Å². The van der Waals surface area contributed by atoms with Gasteiger partial charge in [-0.3, -0.25) is 19.2 Å². The summed E-state index contributed by atoms with van der Waals surface area (Å²) in [4.78, 5) is 65.3. The van der Waals surface area contributed by atoms with Gasteiger partial charge in [0.1, 0.15) is 30.3 Å². The van der Waals surface area contributed by atoms with Crippen LogP contribution in [0.4, 0.5) is 0 Å². The monoisotopic (exact) mass is 632 g/mol. The van der Waals surface area contributed by atoms with Gasteiger partial charge in [-0.25, -0.2) is 4.79 Å². The minimum Gasteiger partial charge on any atom is -0.465 e. The Balaban J connectivity index is 2.11. The van der Waals surface area contributed by atoms with Crippen LogP contribution in [0.15, 0.2) is 30.3 Å². The molecule has 3 fully saturated rings. The number of esters is 5. The smallest absolute Gasteiger partial charge is 0.338 e. The maximum atomic E-state index is 13.9. The molecular weight excluding hydrogens is 588 g/mol. The van der Waals surface area contributed by atoms with Gasteiger partial charge in [0.15, 0.2) is 11.7 Å². The Morgan fingerprint density at radius 3 is 2.09 bits per heavy atom. The molecule has 0 radical (unpaired) electrons. The molecular formula is C33H44O12. The van der Waals surface area contributed by atoms with Crippen LogP contribution in [0.1, 0.15) is 85.0 Å². The van der Waals surface area contributed by atoms with Gasteiger partial charge in [0.25, 0.3) is 0 Å². The third-order valence-electron chi connectivity index (χ3n) is 9.70. The molecule has 248 valence electrons. The fraction of sp³-hybridized carbons (Fsp3) is 0.667. The number of benzene rings is 1. The molecule has 12 heteroatoms. The second kappa shape index (κ2) is 12.4. The van der Waals surface area contributed by atoms with Crippen molar-refractivity contribution >= 4 is 29.8 Å². The van der Waals surface area contributed by atoms with Gasteiger partial charge in [-0.05, 0) is 52.2 Å². The normalized spacial score (nSPS) is 35.3. The first-order valence-electron chi connectivity index (χ1n) is 15.3. The Hall–Kier alpha value is -3.51. The van der Waals surface area contributed by atoms with Gasteiger partial charge >= 0.3 is 29.8 Å². The van der Waals surface area contributed by atoms with Crippen LogP contribution >= 0.6 is 0 Å². The highest BCUT2D eigenvalue weighted by molar-refractivity contribution is 5.89. The lowest BCUT2D eigenvalue weighted by atomic mass is 9.46. The number of aliphatic hydroxyl groups is 1. The van der Waals surface area contributed by atoms with E-state index < -0.39 is 94.9 Å². The summed E-state index contributed by atoms with van der Waals surface area (Å²) in [5.41, 5.74) is -6.89. The lowest BCUT2D eigenvalue weighted by molar-refractivity contribution is -0.349. The van der Waals surface area contributed by atoms with Crippen molar-refractivity contribution in [2.24, 2.45) is 17.3 Å². The third kappa shape index (κ3) is 5.71. The van der Waals surface area contributed by atoms with Gasteiger partial charge in [0, 0.05) is 20.8 Å². The van der Waals surface area contributed by atoms with Crippen molar-refractivity contribution in [2.45, 2.75) is 116 Å². The van der Waals surface area contributed by atoms with E-state index in [1.165, 1.54) is 39.8 Å². The molecule has 1 N–H and O–H groups in total. The molecule has 12 nitrogen and oxygen atoms in total. The number of carbonyl (C=O) groups is 5. The molecule has 9 atom stereocenters.